The van der Waals surface area contributed by atoms with E-state index < -0.39 is 5.60 Å². The zero-order valence-electron chi connectivity index (χ0n) is 16.4. The lowest BCUT2D eigenvalue weighted by molar-refractivity contribution is 0.0620. The number of nitrogens with one attached hydrogen (secondary N) is 2. The minimum atomic E-state index is -0.481. The number of Topliss-reactive ketones (excluding diaryl/α,β-unsaturated/α-hetero) is 1. The number of carbonyl (C=O) groups is 1. The van der Waals surface area contributed by atoms with Crippen LogP contribution in [0, 0.1) is 5.92 Å². The van der Waals surface area contributed by atoms with Gasteiger partial charge in [0.25, 0.3) is 0 Å². The summed E-state index contributed by atoms with van der Waals surface area (Å²) >= 11 is 0. The fourth-order valence-corrected chi connectivity index (χ4v) is 3.95. The standard InChI is InChI=1S/C22H24N4O2/c1-12(13-4-5-13)25-21-24-11-17-16(10-23-20(17)26-21)14-6-7-15-18(27)9-22(2,3)28-19(15)8-14/h6-8,10-13H,4-5,9H2,1-3H3,(H2,23,24,25,26)/t12-/m1/s1. The minimum Gasteiger partial charge on any atom is -0.487 e. The topological polar surface area (TPSA) is 79.9 Å². The first-order chi connectivity index (χ1) is 13.4. The fraction of sp³-hybridized carbons (Fsp3) is 0.409. The average molecular weight is 376 g/mol. The number of fused-ring (bicyclic) bond motifs is 2. The van der Waals surface area contributed by atoms with Crippen molar-refractivity contribution in [1.29, 1.82) is 0 Å². The van der Waals surface area contributed by atoms with Gasteiger partial charge in [0.05, 0.1) is 12.0 Å². The Kier molecular flexibility index (Phi) is 3.73. The van der Waals surface area contributed by atoms with E-state index in [1.807, 2.05) is 44.4 Å². The molecule has 1 atom stereocenters. The summed E-state index contributed by atoms with van der Waals surface area (Å²) in [5.74, 6) is 2.16. The number of aromatic amines is 1. The van der Waals surface area contributed by atoms with Crippen molar-refractivity contribution in [2.45, 2.75) is 51.7 Å². The molecule has 28 heavy (non-hydrogen) atoms. The van der Waals surface area contributed by atoms with Gasteiger partial charge in [-0.15, -0.1) is 0 Å². The molecule has 1 fully saturated rings. The van der Waals surface area contributed by atoms with Gasteiger partial charge in [0.2, 0.25) is 5.95 Å². The molecular weight excluding hydrogens is 352 g/mol. The summed E-state index contributed by atoms with van der Waals surface area (Å²) in [6.07, 6.45) is 6.75. The monoisotopic (exact) mass is 376 g/mol. The van der Waals surface area contributed by atoms with Crippen LogP contribution in [0.3, 0.4) is 0 Å². The molecule has 2 aromatic heterocycles. The van der Waals surface area contributed by atoms with E-state index in [1.165, 1.54) is 12.8 Å². The quantitative estimate of drug-likeness (QED) is 0.697. The number of hydrogen-bond acceptors (Lipinski definition) is 5. The summed E-state index contributed by atoms with van der Waals surface area (Å²) in [7, 11) is 0. The molecule has 0 unspecified atom stereocenters. The van der Waals surface area contributed by atoms with Crippen molar-refractivity contribution in [2.24, 2.45) is 5.92 Å². The van der Waals surface area contributed by atoms with E-state index in [0.29, 0.717) is 29.7 Å². The Balaban J connectivity index is 1.49. The average Bonchev–Trinajstić information content (AvgIpc) is 3.40. The number of aromatic nitrogens is 3. The Bertz CT molecular complexity index is 1080. The van der Waals surface area contributed by atoms with Gasteiger partial charge in [0, 0.05) is 29.4 Å². The van der Waals surface area contributed by atoms with Crippen molar-refractivity contribution in [3.63, 3.8) is 0 Å². The fourth-order valence-electron chi connectivity index (χ4n) is 3.95. The smallest absolute Gasteiger partial charge is 0.224 e. The van der Waals surface area contributed by atoms with Crippen LogP contribution >= 0.6 is 0 Å². The molecule has 0 amide bonds. The molecule has 2 N–H and O–H groups in total. The number of carbonyl (C=O) groups excluding carboxylic acids is 1. The second-order valence-electron chi connectivity index (χ2n) is 8.60. The molecule has 0 bridgehead atoms. The molecule has 6 heteroatoms. The molecule has 0 saturated heterocycles. The van der Waals surface area contributed by atoms with Crippen molar-refractivity contribution in [3.8, 4) is 16.9 Å². The normalized spacial score (nSPS) is 19.2. The van der Waals surface area contributed by atoms with E-state index in [-0.39, 0.29) is 5.78 Å². The van der Waals surface area contributed by atoms with Gasteiger partial charge in [-0.05, 0) is 57.2 Å². The molecule has 5 rings (SSSR count). The number of ether oxygens (including phenoxy) is 1. The summed E-state index contributed by atoms with van der Waals surface area (Å²) in [6.45, 7) is 6.07. The molecular formula is C22H24N4O2. The molecule has 1 aliphatic carbocycles. The first-order valence-corrected chi connectivity index (χ1v) is 9.87. The zero-order valence-corrected chi connectivity index (χ0v) is 16.4. The highest BCUT2D eigenvalue weighted by molar-refractivity contribution is 6.02. The van der Waals surface area contributed by atoms with Gasteiger partial charge in [-0.1, -0.05) is 6.07 Å². The van der Waals surface area contributed by atoms with E-state index in [0.717, 1.165) is 28.1 Å². The van der Waals surface area contributed by atoms with Crippen LogP contribution in [-0.4, -0.2) is 32.4 Å². The molecule has 0 radical (unpaired) electrons. The largest absolute Gasteiger partial charge is 0.487 e. The Morgan fingerprint density at radius 2 is 2.11 bits per heavy atom. The van der Waals surface area contributed by atoms with Crippen molar-refractivity contribution in [2.75, 3.05) is 5.32 Å². The maximum atomic E-state index is 12.4. The number of benzene rings is 1. The molecule has 3 heterocycles. The van der Waals surface area contributed by atoms with Gasteiger partial charge in [-0.3, -0.25) is 4.79 Å². The van der Waals surface area contributed by atoms with Crippen LogP contribution in [0.1, 0.15) is 50.4 Å². The second kappa shape index (κ2) is 6.06. The van der Waals surface area contributed by atoms with Crippen LogP contribution in [0.2, 0.25) is 0 Å². The van der Waals surface area contributed by atoms with Gasteiger partial charge < -0.3 is 15.0 Å². The number of ketones is 1. The number of H-pyrrole nitrogens is 1. The molecule has 6 nitrogen and oxygen atoms in total. The molecule has 0 spiro atoms. The highest BCUT2D eigenvalue weighted by Gasteiger charge is 2.32. The van der Waals surface area contributed by atoms with Crippen molar-refractivity contribution in [3.05, 3.63) is 36.2 Å². The lowest BCUT2D eigenvalue weighted by atomic mass is 9.91. The summed E-state index contributed by atoms with van der Waals surface area (Å²) < 4.78 is 6.06. The lowest BCUT2D eigenvalue weighted by Crippen LogP contribution is -2.35. The minimum absolute atomic E-state index is 0.126. The Labute approximate surface area is 163 Å². The third-order valence-electron chi connectivity index (χ3n) is 5.68. The van der Waals surface area contributed by atoms with Crippen LogP contribution in [0.5, 0.6) is 5.75 Å². The van der Waals surface area contributed by atoms with Gasteiger partial charge in [-0.2, -0.15) is 4.98 Å². The molecule has 144 valence electrons. The predicted molar refractivity (Wildman–Crippen MR) is 109 cm³/mol. The third kappa shape index (κ3) is 3.03. The molecule has 1 aromatic carbocycles. The summed E-state index contributed by atoms with van der Waals surface area (Å²) in [5.41, 5.74) is 2.95. The van der Waals surface area contributed by atoms with Gasteiger partial charge >= 0.3 is 0 Å². The van der Waals surface area contributed by atoms with Crippen LogP contribution in [0.15, 0.2) is 30.6 Å². The van der Waals surface area contributed by atoms with E-state index in [2.05, 4.69) is 27.2 Å². The van der Waals surface area contributed by atoms with Gasteiger partial charge in [0.15, 0.2) is 5.78 Å². The Hall–Kier alpha value is -2.89. The SMILES string of the molecule is C[C@@H](Nc1ncc2c(-c3ccc4c(c3)OC(C)(C)CC4=O)c[nH]c2n1)C1CC1. The predicted octanol–water partition coefficient (Wildman–Crippen LogP) is 4.58. The number of nitrogens with zero attached hydrogens (tertiary/aromatic N) is 2. The van der Waals surface area contributed by atoms with Crippen LogP contribution < -0.4 is 10.1 Å². The number of anilines is 1. The summed E-state index contributed by atoms with van der Waals surface area (Å²) in [4.78, 5) is 24.8. The number of rotatable bonds is 4. The second-order valence-corrected chi connectivity index (χ2v) is 8.60. The van der Waals surface area contributed by atoms with E-state index in [1.54, 1.807) is 0 Å². The Morgan fingerprint density at radius 3 is 2.89 bits per heavy atom. The molecule has 2 aliphatic rings. The zero-order chi connectivity index (χ0) is 19.5. The first-order valence-electron chi connectivity index (χ1n) is 9.87. The highest BCUT2D eigenvalue weighted by atomic mass is 16.5. The molecule has 1 saturated carbocycles. The van der Waals surface area contributed by atoms with Crippen molar-refractivity contribution >= 4 is 22.8 Å². The maximum absolute atomic E-state index is 12.4. The van der Waals surface area contributed by atoms with Gasteiger partial charge in [-0.25, -0.2) is 4.98 Å². The summed E-state index contributed by atoms with van der Waals surface area (Å²) in [5, 5.41) is 4.35. The van der Waals surface area contributed by atoms with E-state index in [9.17, 15) is 4.79 Å². The first kappa shape index (κ1) is 17.2. The van der Waals surface area contributed by atoms with Crippen LogP contribution in [-0.2, 0) is 0 Å². The van der Waals surface area contributed by atoms with E-state index in [4.69, 9.17) is 4.74 Å². The highest BCUT2D eigenvalue weighted by Crippen LogP contribution is 2.38. The maximum Gasteiger partial charge on any atom is 0.224 e. The van der Waals surface area contributed by atoms with Crippen LogP contribution in [0.4, 0.5) is 5.95 Å². The van der Waals surface area contributed by atoms with E-state index >= 15 is 0 Å². The number of hydrogen-bond donors (Lipinski definition) is 2. The van der Waals surface area contributed by atoms with Crippen molar-refractivity contribution in [1.82, 2.24) is 15.0 Å². The third-order valence-corrected chi connectivity index (χ3v) is 5.68. The lowest BCUT2D eigenvalue weighted by Gasteiger charge is -2.31. The molecule has 1 aliphatic heterocycles. The Morgan fingerprint density at radius 1 is 1.29 bits per heavy atom. The van der Waals surface area contributed by atoms with Crippen LogP contribution in [0.25, 0.3) is 22.2 Å². The summed E-state index contributed by atoms with van der Waals surface area (Å²) in [6, 6.07) is 6.15. The molecule has 3 aromatic rings. The van der Waals surface area contributed by atoms with Gasteiger partial charge in [0.1, 0.15) is 17.0 Å². The van der Waals surface area contributed by atoms with Crippen molar-refractivity contribution < 1.29 is 9.53 Å².